The van der Waals surface area contributed by atoms with Crippen LogP contribution in [0.4, 0.5) is 16.8 Å². The topological polar surface area (TPSA) is 126 Å². The Kier molecular flexibility index (Phi) is 7.93. The van der Waals surface area contributed by atoms with E-state index in [1.54, 1.807) is 24.5 Å². The van der Waals surface area contributed by atoms with Gasteiger partial charge in [0.1, 0.15) is 5.01 Å². The third-order valence-corrected chi connectivity index (χ3v) is 7.24. The molecule has 1 unspecified atom stereocenters. The van der Waals surface area contributed by atoms with Crippen LogP contribution in [0.2, 0.25) is 0 Å². The highest BCUT2D eigenvalue weighted by molar-refractivity contribution is 7.15. The summed E-state index contributed by atoms with van der Waals surface area (Å²) in [6, 6.07) is 15.2. The average molecular weight is 529 g/mol. The van der Waals surface area contributed by atoms with E-state index in [0.717, 1.165) is 53.4 Å². The van der Waals surface area contributed by atoms with E-state index in [-0.39, 0.29) is 30.6 Å². The van der Waals surface area contributed by atoms with Gasteiger partial charge in [-0.15, -0.1) is 20.4 Å². The number of carbonyl (C=O) groups is 2. The van der Waals surface area contributed by atoms with Crippen LogP contribution in [0.15, 0.2) is 60.9 Å². The van der Waals surface area contributed by atoms with Crippen LogP contribution >= 0.6 is 11.3 Å². The molecule has 5 rings (SSSR count). The molecule has 3 aromatic heterocycles. The average Bonchev–Trinajstić information content (AvgIpc) is 3.38. The van der Waals surface area contributed by atoms with E-state index in [4.69, 9.17) is 0 Å². The van der Waals surface area contributed by atoms with Crippen LogP contribution in [0.1, 0.15) is 40.5 Å². The molecule has 1 aromatic carbocycles. The summed E-state index contributed by atoms with van der Waals surface area (Å²) < 4.78 is 0. The Hall–Kier alpha value is -4.25. The molecule has 1 fully saturated rings. The van der Waals surface area contributed by atoms with E-state index in [1.807, 2.05) is 43.3 Å². The van der Waals surface area contributed by atoms with E-state index in [2.05, 4.69) is 40.9 Å². The number of carbonyl (C=O) groups excluding carboxylic acids is 2. The van der Waals surface area contributed by atoms with Crippen LogP contribution in [0, 0.1) is 6.92 Å². The summed E-state index contributed by atoms with van der Waals surface area (Å²) in [5.41, 5.74) is 2.92. The quantitative estimate of drug-likeness (QED) is 0.354. The molecule has 194 valence electrons. The maximum absolute atomic E-state index is 12.4. The van der Waals surface area contributed by atoms with Crippen molar-refractivity contribution in [1.82, 2.24) is 25.4 Å². The van der Waals surface area contributed by atoms with Crippen LogP contribution in [0.5, 0.6) is 0 Å². The molecule has 0 bridgehead atoms. The second-order valence-corrected chi connectivity index (χ2v) is 10.3. The first kappa shape index (κ1) is 25.4. The summed E-state index contributed by atoms with van der Waals surface area (Å²) in [5, 5.41) is 24.1. The molecule has 0 spiro atoms. The SMILES string of the molecule is Cc1cccc(CC(=O)Nc2ccc(N3CCCC(c4nnc(NC(=O)Cc5cccnc5)s4)C3)nn2)c1. The first-order chi connectivity index (χ1) is 18.5. The molecule has 4 heterocycles. The van der Waals surface area contributed by atoms with Gasteiger partial charge in [0.05, 0.1) is 12.8 Å². The second-order valence-electron chi connectivity index (χ2n) is 9.31. The van der Waals surface area contributed by atoms with Gasteiger partial charge in [0.25, 0.3) is 0 Å². The molecular formula is C27H28N8O2S. The zero-order valence-electron chi connectivity index (χ0n) is 21.0. The number of pyridine rings is 1. The number of piperidine rings is 1. The number of benzene rings is 1. The lowest BCUT2D eigenvalue weighted by Crippen LogP contribution is -2.35. The van der Waals surface area contributed by atoms with Crippen molar-refractivity contribution in [3.63, 3.8) is 0 Å². The summed E-state index contributed by atoms with van der Waals surface area (Å²) in [4.78, 5) is 31.0. The van der Waals surface area contributed by atoms with E-state index < -0.39 is 0 Å². The van der Waals surface area contributed by atoms with Gasteiger partial charge in [-0.05, 0) is 49.1 Å². The highest BCUT2D eigenvalue weighted by Crippen LogP contribution is 2.32. The lowest BCUT2D eigenvalue weighted by Gasteiger charge is -2.32. The summed E-state index contributed by atoms with van der Waals surface area (Å²) in [6.45, 7) is 3.59. The highest BCUT2D eigenvalue weighted by Gasteiger charge is 2.26. The fourth-order valence-corrected chi connectivity index (χ4v) is 5.33. The van der Waals surface area contributed by atoms with Gasteiger partial charge in [0, 0.05) is 31.4 Å². The number of anilines is 3. The number of nitrogens with one attached hydrogen (secondary N) is 2. The third-order valence-electron chi connectivity index (χ3n) is 6.23. The molecule has 1 aliphatic rings. The van der Waals surface area contributed by atoms with Crippen LogP contribution in [-0.4, -0.2) is 50.3 Å². The van der Waals surface area contributed by atoms with Gasteiger partial charge < -0.3 is 15.5 Å². The Morgan fingerprint density at radius 3 is 2.61 bits per heavy atom. The zero-order chi connectivity index (χ0) is 26.3. The fraction of sp³-hybridized carbons (Fsp3) is 0.296. The molecule has 1 saturated heterocycles. The number of nitrogens with zero attached hydrogens (tertiary/aromatic N) is 6. The molecule has 10 nitrogen and oxygen atoms in total. The Labute approximate surface area is 224 Å². The molecule has 38 heavy (non-hydrogen) atoms. The number of amides is 2. The van der Waals surface area contributed by atoms with Crippen molar-refractivity contribution in [1.29, 1.82) is 0 Å². The van der Waals surface area contributed by atoms with Crippen molar-refractivity contribution in [3.8, 4) is 0 Å². The number of hydrogen-bond donors (Lipinski definition) is 2. The maximum Gasteiger partial charge on any atom is 0.230 e. The van der Waals surface area contributed by atoms with Gasteiger partial charge in [-0.2, -0.15) is 0 Å². The number of rotatable bonds is 8. The van der Waals surface area contributed by atoms with Crippen molar-refractivity contribution >= 4 is 39.9 Å². The van der Waals surface area contributed by atoms with Crippen LogP contribution in [0.25, 0.3) is 0 Å². The lowest BCUT2D eigenvalue weighted by molar-refractivity contribution is -0.116. The first-order valence-corrected chi connectivity index (χ1v) is 13.3. The minimum absolute atomic E-state index is 0.129. The number of aromatic nitrogens is 5. The van der Waals surface area contributed by atoms with Crippen molar-refractivity contribution in [2.24, 2.45) is 0 Å². The minimum Gasteiger partial charge on any atom is -0.354 e. The highest BCUT2D eigenvalue weighted by atomic mass is 32.1. The van der Waals surface area contributed by atoms with Crippen LogP contribution in [-0.2, 0) is 22.4 Å². The molecule has 2 amide bonds. The summed E-state index contributed by atoms with van der Waals surface area (Å²) in [6.07, 6.45) is 5.83. The Bertz CT molecular complexity index is 1390. The fourth-order valence-electron chi connectivity index (χ4n) is 4.44. The standard InChI is InChI=1S/C27H28N8O2S/c1-18-5-2-6-19(13-18)14-24(36)29-22-9-10-23(32-31-22)35-12-4-8-21(17-35)26-33-34-27(38-26)30-25(37)15-20-7-3-11-28-16-20/h2-3,5-7,9-11,13,16,21H,4,8,12,14-15,17H2,1H3,(H,29,31,36)(H,30,34,37). The maximum atomic E-state index is 12.4. The smallest absolute Gasteiger partial charge is 0.230 e. The van der Waals surface area contributed by atoms with Gasteiger partial charge in [-0.3, -0.25) is 14.6 Å². The van der Waals surface area contributed by atoms with Crippen LogP contribution in [0.3, 0.4) is 0 Å². The van der Waals surface area contributed by atoms with Gasteiger partial charge in [0.2, 0.25) is 16.9 Å². The predicted octanol–water partition coefficient (Wildman–Crippen LogP) is 3.78. The number of hydrogen-bond acceptors (Lipinski definition) is 9. The predicted molar refractivity (Wildman–Crippen MR) is 146 cm³/mol. The van der Waals surface area contributed by atoms with E-state index in [1.165, 1.54) is 11.3 Å². The van der Waals surface area contributed by atoms with Gasteiger partial charge in [0.15, 0.2) is 11.6 Å². The van der Waals surface area contributed by atoms with Gasteiger partial charge >= 0.3 is 0 Å². The Balaban J connectivity index is 1.15. The minimum atomic E-state index is -0.146. The summed E-state index contributed by atoms with van der Waals surface area (Å²) in [5.74, 6) is 1.08. The molecule has 2 N–H and O–H groups in total. The Morgan fingerprint density at radius 1 is 0.974 bits per heavy atom. The first-order valence-electron chi connectivity index (χ1n) is 12.5. The molecular weight excluding hydrogens is 500 g/mol. The molecule has 0 radical (unpaired) electrons. The van der Waals surface area contributed by atoms with Gasteiger partial charge in [-0.25, -0.2) is 0 Å². The molecule has 0 saturated carbocycles. The normalized spacial score (nSPS) is 15.2. The summed E-state index contributed by atoms with van der Waals surface area (Å²) in [7, 11) is 0. The zero-order valence-corrected chi connectivity index (χ0v) is 21.8. The van der Waals surface area contributed by atoms with Crippen molar-refractivity contribution < 1.29 is 9.59 Å². The van der Waals surface area contributed by atoms with Crippen molar-refractivity contribution in [2.45, 2.75) is 38.5 Å². The lowest BCUT2D eigenvalue weighted by atomic mass is 9.99. The van der Waals surface area contributed by atoms with E-state index in [0.29, 0.717) is 10.9 Å². The third kappa shape index (κ3) is 6.74. The summed E-state index contributed by atoms with van der Waals surface area (Å²) >= 11 is 1.41. The molecule has 0 aliphatic carbocycles. The monoisotopic (exact) mass is 528 g/mol. The van der Waals surface area contributed by atoms with E-state index in [9.17, 15) is 9.59 Å². The van der Waals surface area contributed by atoms with Crippen molar-refractivity contribution in [2.75, 3.05) is 28.6 Å². The molecule has 11 heteroatoms. The van der Waals surface area contributed by atoms with Gasteiger partial charge in [-0.1, -0.05) is 47.2 Å². The molecule has 1 aliphatic heterocycles. The number of aryl methyl sites for hydroxylation is 1. The van der Waals surface area contributed by atoms with Crippen LogP contribution < -0.4 is 15.5 Å². The largest absolute Gasteiger partial charge is 0.354 e. The molecule has 1 atom stereocenters. The Morgan fingerprint density at radius 2 is 1.82 bits per heavy atom. The molecule has 4 aromatic rings. The second kappa shape index (κ2) is 11.9. The van der Waals surface area contributed by atoms with E-state index >= 15 is 0 Å². The van der Waals surface area contributed by atoms with Crippen molar-refractivity contribution in [3.05, 3.63) is 82.6 Å².